The van der Waals surface area contributed by atoms with E-state index in [-0.39, 0.29) is 6.04 Å². The second-order valence-corrected chi connectivity index (χ2v) is 7.42. The SMILES string of the molecule is CCC1/C(=C/NCc2cc(C)c(OCC3CC3)cn2)C(NC)C=CN1C. The summed E-state index contributed by atoms with van der Waals surface area (Å²) in [6.45, 7) is 5.87. The van der Waals surface area contributed by atoms with Crippen LogP contribution in [0.15, 0.2) is 36.3 Å². The van der Waals surface area contributed by atoms with Gasteiger partial charge >= 0.3 is 0 Å². The van der Waals surface area contributed by atoms with Crippen LogP contribution in [0.25, 0.3) is 0 Å². The summed E-state index contributed by atoms with van der Waals surface area (Å²) >= 11 is 0. The van der Waals surface area contributed by atoms with E-state index in [1.54, 1.807) is 0 Å². The highest BCUT2D eigenvalue weighted by Crippen LogP contribution is 2.30. The third-order valence-electron chi connectivity index (χ3n) is 5.29. The highest BCUT2D eigenvalue weighted by molar-refractivity contribution is 5.32. The average Bonchev–Trinajstić information content (AvgIpc) is 3.46. The van der Waals surface area contributed by atoms with Crippen molar-refractivity contribution in [3.63, 3.8) is 0 Å². The maximum Gasteiger partial charge on any atom is 0.140 e. The molecule has 1 aromatic rings. The summed E-state index contributed by atoms with van der Waals surface area (Å²) in [6, 6.07) is 2.81. The molecule has 0 amide bonds. The topological polar surface area (TPSA) is 49.4 Å². The highest BCUT2D eigenvalue weighted by Gasteiger charge is 2.25. The second kappa shape index (κ2) is 8.58. The predicted octanol–water partition coefficient (Wildman–Crippen LogP) is 2.98. The fourth-order valence-corrected chi connectivity index (χ4v) is 3.47. The van der Waals surface area contributed by atoms with E-state index in [0.717, 1.165) is 36.0 Å². The van der Waals surface area contributed by atoms with Gasteiger partial charge in [-0.15, -0.1) is 0 Å². The summed E-state index contributed by atoms with van der Waals surface area (Å²) in [5.41, 5.74) is 3.55. The van der Waals surface area contributed by atoms with Crippen molar-refractivity contribution in [3.8, 4) is 5.75 Å². The molecule has 3 rings (SSSR count). The molecule has 1 aromatic heterocycles. The zero-order chi connectivity index (χ0) is 18.5. The standard InChI is InChI=1S/C21H32N4O/c1-5-20-18(19(22-3)8-9-25(20)4)12-23-11-17-10-15(2)21(13-24-17)26-14-16-6-7-16/h8-10,12-13,16,19-20,22-23H,5-7,11,14H2,1-4H3/b18-12+. The van der Waals surface area contributed by atoms with Crippen molar-refractivity contribution in [1.29, 1.82) is 0 Å². The van der Waals surface area contributed by atoms with Crippen molar-refractivity contribution < 1.29 is 4.74 Å². The Kier molecular flexibility index (Phi) is 6.20. The van der Waals surface area contributed by atoms with Crippen LogP contribution in [-0.2, 0) is 6.54 Å². The van der Waals surface area contributed by atoms with Gasteiger partial charge in [0.15, 0.2) is 0 Å². The summed E-state index contributed by atoms with van der Waals surface area (Å²) in [5, 5.41) is 6.84. The zero-order valence-electron chi connectivity index (χ0n) is 16.5. The number of rotatable bonds is 8. The largest absolute Gasteiger partial charge is 0.491 e. The number of hydrogen-bond donors (Lipinski definition) is 2. The molecule has 2 atom stereocenters. The van der Waals surface area contributed by atoms with Gasteiger partial charge in [-0.1, -0.05) is 6.92 Å². The van der Waals surface area contributed by atoms with Gasteiger partial charge < -0.3 is 20.3 Å². The van der Waals surface area contributed by atoms with Crippen molar-refractivity contribution >= 4 is 0 Å². The van der Waals surface area contributed by atoms with Crippen molar-refractivity contribution in [1.82, 2.24) is 20.5 Å². The quantitative estimate of drug-likeness (QED) is 0.750. The molecular weight excluding hydrogens is 324 g/mol. The zero-order valence-corrected chi connectivity index (χ0v) is 16.5. The fraction of sp³-hybridized carbons (Fsp3) is 0.571. The highest BCUT2D eigenvalue weighted by atomic mass is 16.5. The van der Waals surface area contributed by atoms with Gasteiger partial charge in [-0.3, -0.25) is 4.98 Å². The van der Waals surface area contributed by atoms with Gasteiger partial charge in [0.2, 0.25) is 0 Å². The summed E-state index contributed by atoms with van der Waals surface area (Å²) < 4.78 is 5.87. The van der Waals surface area contributed by atoms with E-state index in [9.17, 15) is 0 Å². The lowest BCUT2D eigenvalue weighted by atomic mass is 9.94. The Morgan fingerprint density at radius 1 is 1.38 bits per heavy atom. The summed E-state index contributed by atoms with van der Waals surface area (Å²) in [5.74, 6) is 1.68. The lowest BCUT2D eigenvalue weighted by molar-refractivity contribution is 0.296. The number of nitrogens with zero attached hydrogens (tertiary/aromatic N) is 2. The molecule has 2 heterocycles. The minimum atomic E-state index is 0.275. The first-order valence-corrected chi connectivity index (χ1v) is 9.71. The molecular formula is C21H32N4O. The summed E-state index contributed by atoms with van der Waals surface area (Å²) in [6.07, 6.45) is 12.1. The molecule has 5 nitrogen and oxygen atoms in total. The van der Waals surface area contributed by atoms with Gasteiger partial charge in [0.05, 0.1) is 37.1 Å². The summed E-state index contributed by atoms with van der Waals surface area (Å²) in [4.78, 5) is 6.83. The van der Waals surface area contributed by atoms with Crippen molar-refractivity contribution in [2.45, 2.75) is 51.7 Å². The maximum absolute atomic E-state index is 5.87. The van der Waals surface area contributed by atoms with Gasteiger partial charge in [0.25, 0.3) is 0 Å². The molecule has 1 aliphatic heterocycles. The number of aromatic nitrogens is 1. The number of hydrogen-bond acceptors (Lipinski definition) is 5. The minimum Gasteiger partial charge on any atom is -0.491 e. The molecule has 0 aromatic carbocycles. The van der Waals surface area contributed by atoms with E-state index < -0.39 is 0 Å². The second-order valence-electron chi connectivity index (χ2n) is 7.42. The lowest BCUT2D eigenvalue weighted by Crippen LogP contribution is -2.42. The molecule has 0 bridgehead atoms. The van der Waals surface area contributed by atoms with E-state index in [2.05, 4.69) is 66.0 Å². The van der Waals surface area contributed by atoms with Gasteiger partial charge in [-0.05, 0) is 74.8 Å². The van der Waals surface area contributed by atoms with Gasteiger partial charge in [-0.25, -0.2) is 0 Å². The van der Waals surface area contributed by atoms with Crippen LogP contribution >= 0.6 is 0 Å². The van der Waals surface area contributed by atoms with Crippen LogP contribution in [-0.4, -0.2) is 42.7 Å². The normalized spacial score (nSPS) is 24.2. The number of likely N-dealkylation sites (N-methyl/N-ethyl adjacent to an activating group) is 2. The number of aryl methyl sites for hydroxylation is 1. The molecule has 0 spiro atoms. The molecule has 2 unspecified atom stereocenters. The Labute approximate surface area is 157 Å². The van der Waals surface area contributed by atoms with E-state index in [1.165, 1.54) is 18.4 Å². The van der Waals surface area contributed by atoms with E-state index in [0.29, 0.717) is 12.6 Å². The number of ether oxygens (including phenoxy) is 1. The molecule has 2 aliphatic rings. The first-order valence-electron chi connectivity index (χ1n) is 9.71. The van der Waals surface area contributed by atoms with Crippen LogP contribution in [0.3, 0.4) is 0 Å². The van der Waals surface area contributed by atoms with Crippen LogP contribution in [0.5, 0.6) is 5.75 Å². The van der Waals surface area contributed by atoms with Crippen molar-refractivity contribution in [2.75, 3.05) is 20.7 Å². The minimum absolute atomic E-state index is 0.275. The molecule has 26 heavy (non-hydrogen) atoms. The Morgan fingerprint density at radius 2 is 2.19 bits per heavy atom. The molecule has 1 aliphatic carbocycles. The monoisotopic (exact) mass is 356 g/mol. The van der Waals surface area contributed by atoms with E-state index in [1.807, 2.05) is 13.2 Å². The average molecular weight is 357 g/mol. The first kappa shape index (κ1) is 18.8. The van der Waals surface area contributed by atoms with E-state index >= 15 is 0 Å². The van der Waals surface area contributed by atoms with Crippen LogP contribution in [0.4, 0.5) is 0 Å². The van der Waals surface area contributed by atoms with Gasteiger partial charge in [0.1, 0.15) is 5.75 Å². The first-order chi connectivity index (χ1) is 12.6. The Balaban J connectivity index is 1.61. The maximum atomic E-state index is 5.87. The third kappa shape index (κ3) is 4.58. The number of nitrogens with one attached hydrogen (secondary N) is 2. The van der Waals surface area contributed by atoms with Crippen LogP contribution in [0.1, 0.15) is 37.4 Å². The Bertz CT molecular complexity index is 666. The van der Waals surface area contributed by atoms with Crippen LogP contribution < -0.4 is 15.4 Å². The third-order valence-corrected chi connectivity index (χ3v) is 5.29. The molecule has 1 saturated carbocycles. The van der Waals surface area contributed by atoms with Crippen molar-refractivity contribution in [2.24, 2.45) is 5.92 Å². The molecule has 142 valence electrons. The lowest BCUT2D eigenvalue weighted by Gasteiger charge is -2.36. The van der Waals surface area contributed by atoms with E-state index in [4.69, 9.17) is 4.74 Å². The molecule has 5 heteroatoms. The fourth-order valence-electron chi connectivity index (χ4n) is 3.47. The molecule has 0 radical (unpaired) electrons. The predicted molar refractivity (Wildman–Crippen MR) is 106 cm³/mol. The van der Waals surface area contributed by atoms with Crippen molar-refractivity contribution in [3.05, 3.63) is 47.6 Å². The Morgan fingerprint density at radius 3 is 2.85 bits per heavy atom. The smallest absolute Gasteiger partial charge is 0.140 e. The summed E-state index contributed by atoms with van der Waals surface area (Å²) in [7, 11) is 4.14. The number of pyridine rings is 1. The molecule has 1 fully saturated rings. The molecule has 2 N–H and O–H groups in total. The Hall–Kier alpha value is -2.01. The molecule has 0 saturated heterocycles. The van der Waals surface area contributed by atoms with Gasteiger partial charge in [0, 0.05) is 7.05 Å². The van der Waals surface area contributed by atoms with Crippen LogP contribution in [0.2, 0.25) is 0 Å². The van der Waals surface area contributed by atoms with Gasteiger partial charge in [-0.2, -0.15) is 0 Å². The van der Waals surface area contributed by atoms with Crippen LogP contribution in [0, 0.1) is 12.8 Å².